The van der Waals surface area contributed by atoms with Crippen LogP contribution in [-0.2, 0) is 32.7 Å². The van der Waals surface area contributed by atoms with Gasteiger partial charge in [0.25, 0.3) is 7.82 Å². The molecule has 56 heavy (non-hydrogen) atoms. The lowest BCUT2D eigenvalue weighted by molar-refractivity contribution is -0.870. The number of likely N-dealkylation sites (N-methyl/N-ethyl adjacent to an activating group) is 1. The largest absolute Gasteiger partial charge is 0.756 e. The van der Waals surface area contributed by atoms with E-state index in [9.17, 15) is 19.0 Å². The van der Waals surface area contributed by atoms with Gasteiger partial charge in [0.15, 0.2) is 6.10 Å². The fraction of sp³-hybridized carbons (Fsp3) is 0.652. The third kappa shape index (κ3) is 40.8. The molecule has 0 aliphatic heterocycles. The smallest absolute Gasteiger partial charge is 0.306 e. The fourth-order valence-electron chi connectivity index (χ4n) is 5.07. The second-order valence-electron chi connectivity index (χ2n) is 15.0. The predicted octanol–water partition coefficient (Wildman–Crippen LogP) is 11.4. The van der Waals surface area contributed by atoms with Crippen molar-refractivity contribution in [2.24, 2.45) is 0 Å². The molecule has 0 fully saturated rings. The van der Waals surface area contributed by atoms with Gasteiger partial charge in [0, 0.05) is 12.8 Å². The highest BCUT2D eigenvalue weighted by Crippen LogP contribution is 2.38. The third-order valence-electron chi connectivity index (χ3n) is 8.38. The molecule has 2 unspecified atom stereocenters. The summed E-state index contributed by atoms with van der Waals surface area (Å²) in [5, 5.41) is 0. The second-order valence-corrected chi connectivity index (χ2v) is 16.4. The summed E-state index contributed by atoms with van der Waals surface area (Å²) in [6.07, 6.45) is 47.5. The standard InChI is InChI=1S/C46H78NO8P/c1-6-8-10-12-14-16-18-20-21-22-23-24-25-27-29-31-33-35-37-39-46(49)55-44(43-54-56(50,51)53-41-40-47(3,4)5)42-52-45(48)38-36-34-32-30-28-26-19-17-15-13-11-9-7-2/h8,10-11,13-14,16-17,19-21,23-24,27,29,44H,6-7,9,12,15,18,22,25-26,28,30-43H2,1-5H3/b10-8-,13-11-,16-14-,19-17-,21-20-,24-23-,29-27-. The lowest BCUT2D eigenvalue weighted by atomic mass is 10.1. The molecule has 320 valence electrons. The molecule has 0 spiro atoms. The lowest BCUT2D eigenvalue weighted by Gasteiger charge is -2.28. The van der Waals surface area contributed by atoms with Crippen molar-refractivity contribution in [3.63, 3.8) is 0 Å². The summed E-state index contributed by atoms with van der Waals surface area (Å²) in [6, 6.07) is 0. The Balaban J connectivity index is 4.48. The Bertz CT molecular complexity index is 1230. The molecule has 0 N–H and O–H groups in total. The van der Waals surface area contributed by atoms with Gasteiger partial charge in [0.05, 0.1) is 27.7 Å². The Morgan fingerprint density at radius 3 is 1.54 bits per heavy atom. The number of carbonyl (C=O) groups excluding carboxylic acids is 2. The van der Waals surface area contributed by atoms with Crippen molar-refractivity contribution in [2.75, 3.05) is 47.5 Å². The van der Waals surface area contributed by atoms with Gasteiger partial charge in [0.1, 0.15) is 19.8 Å². The first-order chi connectivity index (χ1) is 27.0. The highest BCUT2D eigenvalue weighted by Gasteiger charge is 2.21. The minimum absolute atomic E-state index is 0.0449. The molecular formula is C46H78NO8P. The SMILES string of the molecule is CC/C=C\C/C=C\C/C=C\C/C=C\C/C=C\CCCCCC(=O)OC(COC(=O)CCCCCCC/C=C\C/C=C\CCC)COP(=O)([O-])OCC[N+](C)(C)C. The van der Waals surface area contributed by atoms with Crippen LogP contribution >= 0.6 is 7.82 Å². The summed E-state index contributed by atoms with van der Waals surface area (Å²) in [5.74, 6) is -0.899. The molecule has 0 saturated carbocycles. The van der Waals surface area contributed by atoms with E-state index in [2.05, 4.69) is 98.9 Å². The summed E-state index contributed by atoms with van der Waals surface area (Å²) in [6.45, 7) is 3.96. The van der Waals surface area contributed by atoms with Gasteiger partial charge in [-0.2, -0.15) is 0 Å². The third-order valence-corrected chi connectivity index (χ3v) is 9.34. The van der Waals surface area contributed by atoms with E-state index in [0.717, 1.165) is 96.3 Å². The van der Waals surface area contributed by atoms with E-state index in [-0.39, 0.29) is 26.1 Å². The maximum Gasteiger partial charge on any atom is 0.306 e. The van der Waals surface area contributed by atoms with Crippen molar-refractivity contribution in [3.05, 3.63) is 85.1 Å². The van der Waals surface area contributed by atoms with Crippen LogP contribution in [0.25, 0.3) is 0 Å². The van der Waals surface area contributed by atoms with Crippen molar-refractivity contribution in [1.29, 1.82) is 0 Å². The number of phosphoric acid groups is 1. The number of ether oxygens (including phenoxy) is 2. The maximum atomic E-state index is 12.7. The maximum absolute atomic E-state index is 12.7. The number of hydrogen-bond donors (Lipinski definition) is 0. The van der Waals surface area contributed by atoms with Crippen LogP contribution < -0.4 is 4.89 Å². The average molecular weight is 804 g/mol. The lowest BCUT2D eigenvalue weighted by Crippen LogP contribution is -2.37. The number of esters is 2. The van der Waals surface area contributed by atoms with Gasteiger partial charge in [-0.15, -0.1) is 0 Å². The van der Waals surface area contributed by atoms with Crippen LogP contribution in [0.4, 0.5) is 0 Å². The molecule has 0 aliphatic carbocycles. The second kappa shape index (κ2) is 37.7. The van der Waals surface area contributed by atoms with Crippen LogP contribution in [0.15, 0.2) is 85.1 Å². The Kier molecular flexibility index (Phi) is 35.9. The van der Waals surface area contributed by atoms with Gasteiger partial charge in [0.2, 0.25) is 0 Å². The number of rotatable bonds is 37. The summed E-state index contributed by atoms with van der Waals surface area (Å²) >= 11 is 0. The van der Waals surface area contributed by atoms with Gasteiger partial charge < -0.3 is 27.9 Å². The molecule has 0 heterocycles. The molecule has 0 aromatic heterocycles. The van der Waals surface area contributed by atoms with E-state index >= 15 is 0 Å². The Hall–Kier alpha value is -2.81. The molecule has 2 atom stereocenters. The first-order valence-electron chi connectivity index (χ1n) is 21.3. The van der Waals surface area contributed by atoms with E-state index in [0.29, 0.717) is 23.9 Å². The number of hydrogen-bond acceptors (Lipinski definition) is 8. The summed E-state index contributed by atoms with van der Waals surface area (Å²) in [4.78, 5) is 37.5. The first kappa shape index (κ1) is 53.2. The van der Waals surface area contributed by atoms with E-state index < -0.39 is 32.5 Å². The van der Waals surface area contributed by atoms with Gasteiger partial charge in [-0.1, -0.05) is 131 Å². The van der Waals surface area contributed by atoms with Crippen LogP contribution in [0.5, 0.6) is 0 Å². The van der Waals surface area contributed by atoms with Crippen LogP contribution in [0.3, 0.4) is 0 Å². The minimum atomic E-state index is -4.64. The number of nitrogens with zero attached hydrogens (tertiary/aromatic N) is 1. The topological polar surface area (TPSA) is 111 Å². The van der Waals surface area contributed by atoms with Gasteiger partial charge in [-0.05, 0) is 83.5 Å². The predicted molar refractivity (Wildman–Crippen MR) is 231 cm³/mol. The van der Waals surface area contributed by atoms with Gasteiger partial charge in [-0.25, -0.2) is 0 Å². The fourth-order valence-corrected chi connectivity index (χ4v) is 5.80. The Morgan fingerprint density at radius 2 is 1.02 bits per heavy atom. The van der Waals surface area contributed by atoms with E-state index in [1.54, 1.807) is 0 Å². The monoisotopic (exact) mass is 804 g/mol. The Labute approximate surface area is 341 Å². The van der Waals surface area contributed by atoms with Crippen molar-refractivity contribution in [3.8, 4) is 0 Å². The number of quaternary nitrogens is 1. The van der Waals surface area contributed by atoms with E-state index in [1.165, 1.54) is 6.42 Å². The zero-order chi connectivity index (χ0) is 41.4. The molecule has 0 aromatic rings. The number of unbranched alkanes of at least 4 members (excludes halogenated alkanes) is 9. The molecule has 0 rings (SSSR count). The summed E-state index contributed by atoms with van der Waals surface area (Å²) in [7, 11) is 1.12. The first-order valence-corrected chi connectivity index (χ1v) is 22.8. The summed E-state index contributed by atoms with van der Waals surface area (Å²) < 4.78 is 33.8. The quantitative estimate of drug-likeness (QED) is 0.0201. The molecular weight excluding hydrogens is 725 g/mol. The normalized spacial score (nSPS) is 14.5. The number of carbonyl (C=O) groups is 2. The van der Waals surface area contributed by atoms with Crippen LogP contribution in [-0.4, -0.2) is 70.0 Å². The van der Waals surface area contributed by atoms with Crippen molar-refractivity contribution in [1.82, 2.24) is 0 Å². The highest BCUT2D eigenvalue weighted by molar-refractivity contribution is 7.45. The molecule has 0 aliphatic rings. The average Bonchev–Trinajstić information content (AvgIpc) is 3.15. The van der Waals surface area contributed by atoms with Crippen molar-refractivity contribution < 1.29 is 42.1 Å². The van der Waals surface area contributed by atoms with E-state index in [1.807, 2.05) is 21.1 Å². The minimum Gasteiger partial charge on any atom is -0.756 e. The van der Waals surface area contributed by atoms with Crippen molar-refractivity contribution >= 4 is 19.8 Å². The zero-order valence-corrected chi connectivity index (χ0v) is 36.7. The van der Waals surface area contributed by atoms with Gasteiger partial charge >= 0.3 is 11.9 Å². The molecule has 0 bridgehead atoms. The van der Waals surface area contributed by atoms with Crippen LogP contribution in [0.1, 0.15) is 142 Å². The van der Waals surface area contributed by atoms with Crippen LogP contribution in [0.2, 0.25) is 0 Å². The molecule has 0 amide bonds. The Morgan fingerprint density at radius 1 is 0.571 bits per heavy atom. The zero-order valence-electron chi connectivity index (χ0n) is 35.8. The molecule has 9 nitrogen and oxygen atoms in total. The highest BCUT2D eigenvalue weighted by atomic mass is 31.2. The molecule has 0 aromatic carbocycles. The van der Waals surface area contributed by atoms with E-state index in [4.69, 9.17) is 18.5 Å². The number of phosphoric ester groups is 1. The van der Waals surface area contributed by atoms with Gasteiger partial charge in [-0.3, -0.25) is 14.2 Å². The van der Waals surface area contributed by atoms with Crippen molar-refractivity contribution in [2.45, 2.75) is 148 Å². The molecule has 10 heteroatoms. The molecule has 0 radical (unpaired) electrons. The molecule has 0 saturated heterocycles. The number of allylic oxidation sites excluding steroid dienone is 14. The van der Waals surface area contributed by atoms with Crippen LogP contribution in [0, 0.1) is 0 Å². The summed E-state index contributed by atoms with van der Waals surface area (Å²) in [5.41, 5.74) is 0.